The van der Waals surface area contributed by atoms with Crippen LogP contribution in [0.5, 0.6) is 0 Å². The van der Waals surface area contributed by atoms with Gasteiger partial charge < -0.3 is 4.74 Å². The molecule has 0 spiro atoms. The van der Waals surface area contributed by atoms with Crippen LogP contribution in [-0.4, -0.2) is 19.0 Å². The summed E-state index contributed by atoms with van der Waals surface area (Å²) in [5.41, 5.74) is 0. The number of rotatable bonds is 2. The van der Waals surface area contributed by atoms with Crippen LogP contribution >= 0.6 is 0 Å². The molecule has 0 bridgehead atoms. The van der Waals surface area contributed by atoms with Crippen molar-refractivity contribution in [2.75, 3.05) is 13.2 Å². The van der Waals surface area contributed by atoms with E-state index in [1.807, 2.05) is 6.08 Å². The number of hydrogen-bond donors (Lipinski definition) is 0. The molecule has 0 aromatic carbocycles. The van der Waals surface area contributed by atoms with Gasteiger partial charge in [0.25, 0.3) is 0 Å². The zero-order valence-electron chi connectivity index (χ0n) is 6.17. The van der Waals surface area contributed by atoms with Crippen LogP contribution in [-0.2, 0) is 9.53 Å². The highest BCUT2D eigenvalue weighted by atomic mass is 16.5. The number of carbonyl (C=O) groups is 1. The van der Waals surface area contributed by atoms with E-state index in [9.17, 15) is 4.79 Å². The van der Waals surface area contributed by atoms with Crippen molar-refractivity contribution in [3.8, 4) is 0 Å². The molecule has 56 valence electrons. The molecule has 1 saturated heterocycles. The molecule has 0 aliphatic carbocycles. The Morgan fingerprint density at radius 3 is 3.00 bits per heavy atom. The Kier molecular flexibility index (Phi) is 2.63. The van der Waals surface area contributed by atoms with Crippen LogP contribution in [0.25, 0.3) is 0 Å². The smallest absolute Gasteiger partial charge is 0.152 e. The van der Waals surface area contributed by atoms with E-state index in [1.165, 1.54) is 0 Å². The Bertz CT molecular complexity index is 143. The highest BCUT2D eigenvalue weighted by molar-refractivity contribution is 5.87. The maximum absolute atomic E-state index is 10.5. The van der Waals surface area contributed by atoms with E-state index in [0.717, 1.165) is 19.6 Å². The summed E-state index contributed by atoms with van der Waals surface area (Å²) in [5, 5.41) is 0. The number of allylic oxidation sites excluding steroid dienone is 1. The molecule has 1 aliphatic heterocycles. The molecule has 1 aliphatic rings. The summed E-state index contributed by atoms with van der Waals surface area (Å²) in [4.78, 5) is 10.5. The number of carbonyl (C=O) groups excluding carboxylic acids is 1. The average Bonchev–Trinajstić information content (AvgIpc) is 2.34. The van der Waals surface area contributed by atoms with E-state index in [2.05, 4.69) is 0 Å². The summed E-state index contributed by atoms with van der Waals surface area (Å²) >= 11 is 0. The van der Waals surface area contributed by atoms with Crippen molar-refractivity contribution in [2.45, 2.75) is 13.3 Å². The molecular weight excluding hydrogens is 128 g/mol. The first kappa shape index (κ1) is 7.48. The Labute approximate surface area is 60.9 Å². The molecule has 0 unspecified atom stereocenters. The van der Waals surface area contributed by atoms with Gasteiger partial charge in [-0.05, 0) is 19.4 Å². The van der Waals surface area contributed by atoms with Gasteiger partial charge in [-0.15, -0.1) is 0 Å². The third-order valence-electron chi connectivity index (χ3n) is 1.57. The number of ether oxygens (including phenoxy) is 1. The first-order valence-electron chi connectivity index (χ1n) is 3.55. The third-order valence-corrected chi connectivity index (χ3v) is 1.57. The van der Waals surface area contributed by atoms with Crippen molar-refractivity contribution < 1.29 is 9.53 Å². The van der Waals surface area contributed by atoms with Gasteiger partial charge in [0.1, 0.15) is 0 Å². The molecule has 2 heteroatoms. The van der Waals surface area contributed by atoms with Crippen LogP contribution in [0.1, 0.15) is 13.3 Å². The summed E-state index contributed by atoms with van der Waals surface area (Å²) in [5.74, 6) is 0.593. The predicted molar refractivity (Wildman–Crippen MR) is 38.7 cm³/mol. The summed E-state index contributed by atoms with van der Waals surface area (Å²) in [7, 11) is 0. The van der Waals surface area contributed by atoms with E-state index in [0.29, 0.717) is 5.92 Å². The van der Waals surface area contributed by atoms with Crippen LogP contribution in [0, 0.1) is 5.92 Å². The minimum absolute atomic E-state index is 0.118. The minimum Gasteiger partial charge on any atom is -0.381 e. The van der Waals surface area contributed by atoms with Gasteiger partial charge in [0, 0.05) is 12.5 Å². The molecular formula is C8H12O2. The molecule has 0 aromatic heterocycles. The van der Waals surface area contributed by atoms with Crippen molar-refractivity contribution in [2.24, 2.45) is 5.92 Å². The van der Waals surface area contributed by atoms with E-state index in [4.69, 9.17) is 4.74 Å². The summed E-state index contributed by atoms with van der Waals surface area (Å²) in [6.07, 6.45) is 4.62. The first-order valence-corrected chi connectivity index (χ1v) is 3.55. The molecule has 0 aromatic rings. The van der Waals surface area contributed by atoms with Gasteiger partial charge in [0.05, 0.1) is 6.61 Å². The number of ketones is 1. The minimum atomic E-state index is 0.118. The van der Waals surface area contributed by atoms with E-state index in [-0.39, 0.29) is 5.78 Å². The van der Waals surface area contributed by atoms with E-state index < -0.39 is 0 Å². The molecule has 1 fully saturated rings. The Hall–Kier alpha value is -0.630. The Morgan fingerprint density at radius 2 is 2.50 bits per heavy atom. The molecule has 0 N–H and O–H groups in total. The lowest BCUT2D eigenvalue weighted by molar-refractivity contribution is -0.112. The number of hydrogen-bond acceptors (Lipinski definition) is 2. The third kappa shape index (κ3) is 2.31. The first-order chi connectivity index (χ1) is 4.79. The zero-order chi connectivity index (χ0) is 7.40. The maximum atomic E-state index is 10.5. The van der Waals surface area contributed by atoms with Gasteiger partial charge >= 0.3 is 0 Å². The average molecular weight is 140 g/mol. The Balaban J connectivity index is 2.29. The quantitative estimate of drug-likeness (QED) is 0.538. The fourth-order valence-corrected chi connectivity index (χ4v) is 0.976. The van der Waals surface area contributed by atoms with Crippen molar-refractivity contribution in [3.63, 3.8) is 0 Å². The molecule has 0 saturated carbocycles. The summed E-state index contributed by atoms with van der Waals surface area (Å²) < 4.78 is 5.13. The van der Waals surface area contributed by atoms with Crippen LogP contribution in [0.2, 0.25) is 0 Å². The van der Waals surface area contributed by atoms with Crippen LogP contribution in [0.4, 0.5) is 0 Å². The predicted octanol–water partition coefficient (Wildman–Crippen LogP) is 1.17. The molecule has 1 rings (SSSR count). The fourth-order valence-electron chi connectivity index (χ4n) is 0.976. The van der Waals surface area contributed by atoms with Crippen molar-refractivity contribution >= 4 is 5.78 Å². The second kappa shape index (κ2) is 3.52. The zero-order valence-corrected chi connectivity index (χ0v) is 6.17. The summed E-state index contributed by atoms with van der Waals surface area (Å²) in [6, 6.07) is 0. The SMILES string of the molecule is CC(=O)/C=C/[C@H]1CCOC1. The Morgan fingerprint density at radius 1 is 1.70 bits per heavy atom. The molecule has 0 amide bonds. The van der Waals surface area contributed by atoms with Gasteiger partial charge in [-0.25, -0.2) is 0 Å². The van der Waals surface area contributed by atoms with Gasteiger partial charge in [0.2, 0.25) is 0 Å². The lowest BCUT2D eigenvalue weighted by Crippen LogP contribution is -1.94. The summed E-state index contributed by atoms with van der Waals surface area (Å²) in [6.45, 7) is 3.18. The second-order valence-corrected chi connectivity index (χ2v) is 2.59. The van der Waals surface area contributed by atoms with Gasteiger partial charge in [-0.1, -0.05) is 6.08 Å². The van der Waals surface area contributed by atoms with Crippen LogP contribution in [0.3, 0.4) is 0 Å². The molecule has 2 nitrogen and oxygen atoms in total. The normalized spacial score (nSPS) is 25.9. The van der Waals surface area contributed by atoms with E-state index >= 15 is 0 Å². The van der Waals surface area contributed by atoms with Crippen molar-refractivity contribution in [1.29, 1.82) is 0 Å². The van der Waals surface area contributed by atoms with E-state index in [1.54, 1.807) is 13.0 Å². The van der Waals surface area contributed by atoms with Gasteiger partial charge in [-0.3, -0.25) is 4.79 Å². The molecule has 1 heterocycles. The van der Waals surface area contributed by atoms with Crippen molar-refractivity contribution in [3.05, 3.63) is 12.2 Å². The second-order valence-electron chi connectivity index (χ2n) is 2.59. The highest BCUT2D eigenvalue weighted by Crippen LogP contribution is 2.12. The topological polar surface area (TPSA) is 26.3 Å². The molecule has 10 heavy (non-hydrogen) atoms. The van der Waals surface area contributed by atoms with Gasteiger partial charge in [0.15, 0.2) is 5.78 Å². The highest BCUT2D eigenvalue weighted by Gasteiger charge is 2.11. The fraction of sp³-hybridized carbons (Fsp3) is 0.625. The van der Waals surface area contributed by atoms with Crippen LogP contribution < -0.4 is 0 Å². The molecule has 0 radical (unpaired) electrons. The monoisotopic (exact) mass is 140 g/mol. The lowest BCUT2D eigenvalue weighted by atomic mass is 10.1. The lowest BCUT2D eigenvalue weighted by Gasteiger charge is -1.95. The largest absolute Gasteiger partial charge is 0.381 e. The van der Waals surface area contributed by atoms with Crippen LogP contribution in [0.15, 0.2) is 12.2 Å². The standard InChI is InChI=1S/C8H12O2/c1-7(9)2-3-8-4-5-10-6-8/h2-3,8H,4-6H2,1H3/b3-2+/t8-/m0/s1. The van der Waals surface area contributed by atoms with Gasteiger partial charge in [-0.2, -0.15) is 0 Å². The van der Waals surface area contributed by atoms with Crippen molar-refractivity contribution in [1.82, 2.24) is 0 Å². The maximum Gasteiger partial charge on any atom is 0.152 e. The molecule has 1 atom stereocenters.